The molecule has 2 N–H and O–H groups in total. The SMILES string of the molecule is COC(=O)c1ccc(NC(=O)C(C)NC(=O)/C=C/c2ccccc2)cc1. The molecule has 0 heterocycles. The average molecular weight is 352 g/mol. The van der Waals surface area contributed by atoms with Crippen molar-refractivity contribution >= 4 is 29.5 Å². The second kappa shape index (κ2) is 9.17. The van der Waals surface area contributed by atoms with E-state index in [1.54, 1.807) is 37.3 Å². The largest absolute Gasteiger partial charge is 0.465 e. The van der Waals surface area contributed by atoms with Gasteiger partial charge in [-0.25, -0.2) is 4.79 Å². The number of esters is 1. The Labute approximate surface area is 151 Å². The van der Waals surface area contributed by atoms with Crippen LogP contribution in [0.15, 0.2) is 60.7 Å². The fourth-order valence-electron chi connectivity index (χ4n) is 2.12. The van der Waals surface area contributed by atoms with Crippen LogP contribution in [0.25, 0.3) is 6.08 Å². The fraction of sp³-hybridized carbons (Fsp3) is 0.150. The molecule has 2 aromatic carbocycles. The Morgan fingerprint density at radius 1 is 1.00 bits per heavy atom. The normalized spacial score (nSPS) is 11.6. The van der Waals surface area contributed by atoms with Gasteiger partial charge >= 0.3 is 5.97 Å². The van der Waals surface area contributed by atoms with Crippen LogP contribution in [-0.2, 0) is 14.3 Å². The molecule has 0 saturated carbocycles. The molecular formula is C20H20N2O4. The second-order valence-corrected chi connectivity index (χ2v) is 5.53. The molecule has 2 amide bonds. The molecule has 0 saturated heterocycles. The Morgan fingerprint density at radius 2 is 1.65 bits per heavy atom. The lowest BCUT2D eigenvalue weighted by Crippen LogP contribution is -2.40. The van der Waals surface area contributed by atoms with Gasteiger partial charge in [0, 0.05) is 11.8 Å². The minimum Gasteiger partial charge on any atom is -0.465 e. The molecule has 134 valence electrons. The molecule has 2 aromatic rings. The number of amides is 2. The molecule has 0 aliphatic heterocycles. The molecular weight excluding hydrogens is 332 g/mol. The maximum Gasteiger partial charge on any atom is 0.337 e. The molecule has 0 spiro atoms. The van der Waals surface area contributed by atoms with Crippen LogP contribution in [0, 0.1) is 0 Å². The van der Waals surface area contributed by atoms with Crippen molar-refractivity contribution in [3.63, 3.8) is 0 Å². The number of hydrogen-bond donors (Lipinski definition) is 2. The number of anilines is 1. The number of carbonyl (C=O) groups is 3. The molecule has 0 radical (unpaired) electrons. The smallest absolute Gasteiger partial charge is 0.337 e. The van der Waals surface area contributed by atoms with Crippen LogP contribution < -0.4 is 10.6 Å². The number of rotatable bonds is 6. The molecule has 0 fully saturated rings. The summed E-state index contributed by atoms with van der Waals surface area (Å²) in [5.74, 6) is -1.18. The Morgan fingerprint density at radius 3 is 2.27 bits per heavy atom. The summed E-state index contributed by atoms with van der Waals surface area (Å²) >= 11 is 0. The first-order valence-electron chi connectivity index (χ1n) is 8.02. The number of methoxy groups -OCH3 is 1. The molecule has 0 aliphatic carbocycles. The van der Waals surface area contributed by atoms with E-state index in [0.29, 0.717) is 11.3 Å². The summed E-state index contributed by atoms with van der Waals surface area (Å²) in [6.07, 6.45) is 3.05. The molecule has 0 aromatic heterocycles. The lowest BCUT2D eigenvalue weighted by atomic mass is 10.2. The molecule has 26 heavy (non-hydrogen) atoms. The van der Waals surface area contributed by atoms with Gasteiger partial charge in [0.05, 0.1) is 12.7 Å². The Kier molecular flexibility index (Phi) is 6.68. The van der Waals surface area contributed by atoms with Crippen molar-refractivity contribution < 1.29 is 19.1 Å². The Hall–Kier alpha value is -3.41. The molecule has 6 heteroatoms. The lowest BCUT2D eigenvalue weighted by Gasteiger charge is -2.13. The third kappa shape index (κ3) is 5.59. The first kappa shape index (κ1) is 18.9. The zero-order valence-corrected chi connectivity index (χ0v) is 14.6. The highest BCUT2D eigenvalue weighted by molar-refractivity contribution is 6.00. The lowest BCUT2D eigenvalue weighted by molar-refractivity contribution is -0.123. The first-order chi connectivity index (χ1) is 12.5. The number of benzene rings is 2. The summed E-state index contributed by atoms with van der Waals surface area (Å²) in [5, 5.41) is 5.27. The van der Waals surface area contributed by atoms with Crippen LogP contribution in [-0.4, -0.2) is 30.9 Å². The molecule has 1 atom stereocenters. The van der Waals surface area contributed by atoms with E-state index in [1.165, 1.54) is 13.2 Å². The predicted molar refractivity (Wildman–Crippen MR) is 99.5 cm³/mol. The van der Waals surface area contributed by atoms with Gasteiger partial charge in [-0.2, -0.15) is 0 Å². The molecule has 0 aliphatic rings. The maximum atomic E-state index is 12.2. The quantitative estimate of drug-likeness (QED) is 0.618. The average Bonchev–Trinajstić information content (AvgIpc) is 2.67. The Bertz CT molecular complexity index is 798. The van der Waals surface area contributed by atoms with Crippen LogP contribution in [0.5, 0.6) is 0 Å². The van der Waals surface area contributed by atoms with Crippen molar-refractivity contribution in [2.24, 2.45) is 0 Å². The molecule has 0 bridgehead atoms. The zero-order valence-electron chi connectivity index (χ0n) is 14.6. The van der Waals surface area contributed by atoms with Crippen molar-refractivity contribution in [1.29, 1.82) is 0 Å². The number of carbonyl (C=O) groups excluding carboxylic acids is 3. The van der Waals surface area contributed by atoms with E-state index in [1.807, 2.05) is 30.3 Å². The van der Waals surface area contributed by atoms with Gasteiger partial charge in [0.2, 0.25) is 11.8 Å². The number of hydrogen-bond acceptors (Lipinski definition) is 4. The summed E-state index contributed by atoms with van der Waals surface area (Å²) in [6, 6.07) is 14.9. The van der Waals surface area contributed by atoms with Gasteiger partial charge in [0.25, 0.3) is 0 Å². The van der Waals surface area contributed by atoms with E-state index in [4.69, 9.17) is 0 Å². The van der Waals surface area contributed by atoms with Crippen LogP contribution in [0.2, 0.25) is 0 Å². The zero-order chi connectivity index (χ0) is 18.9. The molecule has 1 unspecified atom stereocenters. The highest BCUT2D eigenvalue weighted by Gasteiger charge is 2.14. The van der Waals surface area contributed by atoms with Crippen LogP contribution in [0.4, 0.5) is 5.69 Å². The van der Waals surface area contributed by atoms with E-state index in [2.05, 4.69) is 15.4 Å². The van der Waals surface area contributed by atoms with Gasteiger partial charge in [-0.1, -0.05) is 30.3 Å². The highest BCUT2D eigenvalue weighted by Crippen LogP contribution is 2.11. The topological polar surface area (TPSA) is 84.5 Å². The van der Waals surface area contributed by atoms with Crippen LogP contribution in [0.3, 0.4) is 0 Å². The van der Waals surface area contributed by atoms with Crippen LogP contribution in [0.1, 0.15) is 22.8 Å². The first-order valence-corrected chi connectivity index (χ1v) is 8.02. The minimum absolute atomic E-state index is 0.363. The number of ether oxygens (including phenoxy) is 1. The van der Waals surface area contributed by atoms with Gasteiger partial charge < -0.3 is 15.4 Å². The number of nitrogens with one attached hydrogen (secondary N) is 2. The fourth-order valence-corrected chi connectivity index (χ4v) is 2.12. The molecule has 2 rings (SSSR count). The van der Waals surface area contributed by atoms with Crippen molar-refractivity contribution in [3.8, 4) is 0 Å². The van der Waals surface area contributed by atoms with Crippen molar-refractivity contribution in [2.45, 2.75) is 13.0 Å². The Balaban J connectivity index is 1.87. The highest BCUT2D eigenvalue weighted by atomic mass is 16.5. The second-order valence-electron chi connectivity index (χ2n) is 5.53. The standard InChI is InChI=1S/C20H20N2O4/c1-14(21-18(23)13-8-15-6-4-3-5-7-15)19(24)22-17-11-9-16(10-12-17)20(25)26-2/h3-14H,1-2H3,(H,21,23)(H,22,24)/b13-8+. The maximum absolute atomic E-state index is 12.2. The van der Waals surface area contributed by atoms with Gasteiger partial charge in [0.1, 0.15) is 6.04 Å². The van der Waals surface area contributed by atoms with Crippen LogP contribution >= 0.6 is 0 Å². The van der Waals surface area contributed by atoms with E-state index >= 15 is 0 Å². The summed E-state index contributed by atoms with van der Waals surface area (Å²) in [5.41, 5.74) is 1.80. The van der Waals surface area contributed by atoms with Crippen molar-refractivity contribution in [3.05, 3.63) is 71.8 Å². The third-order valence-electron chi connectivity index (χ3n) is 3.55. The van der Waals surface area contributed by atoms with E-state index in [-0.39, 0.29) is 11.8 Å². The summed E-state index contributed by atoms with van der Waals surface area (Å²) in [4.78, 5) is 35.4. The van der Waals surface area contributed by atoms with Gasteiger partial charge in [-0.05, 0) is 42.8 Å². The van der Waals surface area contributed by atoms with Gasteiger partial charge in [-0.15, -0.1) is 0 Å². The van der Waals surface area contributed by atoms with Crippen molar-refractivity contribution in [2.75, 3.05) is 12.4 Å². The van der Waals surface area contributed by atoms with Gasteiger partial charge in [-0.3, -0.25) is 9.59 Å². The minimum atomic E-state index is -0.719. The molecule has 6 nitrogen and oxygen atoms in total. The summed E-state index contributed by atoms with van der Waals surface area (Å²) in [6.45, 7) is 1.59. The van der Waals surface area contributed by atoms with E-state index in [9.17, 15) is 14.4 Å². The van der Waals surface area contributed by atoms with E-state index in [0.717, 1.165) is 5.56 Å². The van der Waals surface area contributed by atoms with Gasteiger partial charge in [0.15, 0.2) is 0 Å². The summed E-state index contributed by atoms with van der Waals surface area (Å²) < 4.78 is 4.61. The van der Waals surface area contributed by atoms with Crippen molar-refractivity contribution in [1.82, 2.24) is 5.32 Å². The third-order valence-corrected chi connectivity index (χ3v) is 3.55. The summed E-state index contributed by atoms with van der Waals surface area (Å²) in [7, 11) is 1.30. The van der Waals surface area contributed by atoms with E-state index < -0.39 is 12.0 Å². The monoisotopic (exact) mass is 352 g/mol. The predicted octanol–water partition coefficient (Wildman–Crippen LogP) is 2.63.